The van der Waals surface area contributed by atoms with E-state index in [4.69, 9.17) is 5.11 Å². The van der Waals surface area contributed by atoms with Crippen molar-refractivity contribution >= 4 is 17.8 Å². The van der Waals surface area contributed by atoms with E-state index in [1.165, 1.54) is 25.3 Å². The molecular formula is C10H8N2O4. The maximum Gasteiger partial charge on any atom is 0.326 e. The first-order valence-electron chi connectivity index (χ1n) is 4.59. The van der Waals surface area contributed by atoms with Crippen molar-refractivity contribution in [1.29, 1.82) is 0 Å². The lowest BCUT2D eigenvalue weighted by Gasteiger charge is -2.17. The zero-order chi connectivity index (χ0) is 11.9. The van der Waals surface area contributed by atoms with Gasteiger partial charge in [0.1, 0.15) is 11.7 Å². The van der Waals surface area contributed by atoms with Crippen molar-refractivity contribution in [3.8, 4) is 0 Å². The predicted molar refractivity (Wildman–Crippen MR) is 51.8 cm³/mol. The third kappa shape index (κ3) is 1.27. The number of carbonyl (C=O) groups excluding carboxylic acids is 2. The molecule has 0 spiro atoms. The van der Waals surface area contributed by atoms with E-state index in [2.05, 4.69) is 4.98 Å². The Morgan fingerprint density at radius 2 is 2.12 bits per heavy atom. The fraction of sp³-hybridized carbons (Fsp3) is 0.200. The average molecular weight is 220 g/mol. The summed E-state index contributed by atoms with van der Waals surface area (Å²) in [6.45, 7) is 1.28. The minimum absolute atomic E-state index is 0.0144. The normalized spacial score (nSPS) is 16.2. The molecule has 0 bridgehead atoms. The van der Waals surface area contributed by atoms with E-state index < -0.39 is 23.8 Å². The number of amides is 2. The van der Waals surface area contributed by atoms with E-state index in [-0.39, 0.29) is 11.3 Å². The van der Waals surface area contributed by atoms with Crippen LogP contribution in [-0.4, -0.2) is 38.8 Å². The third-order valence-corrected chi connectivity index (χ3v) is 2.42. The highest BCUT2D eigenvalue weighted by molar-refractivity contribution is 6.21. The molecule has 82 valence electrons. The number of aromatic nitrogens is 1. The van der Waals surface area contributed by atoms with Gasteiger partial charge in [0, 0.05) is 6.20 Å². The number of hydrogen-bond acceptors (Lipinski definition) is 4. The Morgan fingerprint density at radius 1 is 1.44 bits per heavy atom. The van der Waals surface area contributed by atoms with Gasteiger partial charge in [0.15, 0.2) is 0 Å². The largest absolute Gasteiger partial charge is 0.480 e. The molecule has 0 saturated heterocycles. The summed E-state index contributed by atoms with van der Waals surface area (Å²) in [6.07, 6.45) is 1.39. The average Bonchev–Trinajstić information content (AvgIpc) is 2.52. The molecule has 0 fully saturated rings. The summed E-state index contributed by atoms with van der Waals surface area (Å²) in [5.41, 5.74) is 0.168. The second-order valence-electron chi connectivity index (χ2n) is 3.39. The van der Waals surface area contributed by atoms with E-state index in [1.807, 2.05) is 0 Å². The molecule has 1 aromatic heterocycles. The molecule has 1 N–H and O–H groups in total. The van der Waals surface area contributed by atoms with Crippen molar-refractivity contribution < 1.29 is 19.5 Å². The van der Waals surface area contributed by atoms with Crippen LogP contribution in [0.15, 0.2) is 18.3 Å². The molecule has 16 heavy (non-hydrogen) atoms. The first kappa shape index (κ1) is 10.3. The van der Waals surface area contributed by atoms with Gasteiger partial charge in [-0.15, -0.1) is 0 Å². The van der Waals surface area contributed by atoms with E-state index in [9.17, 15) is 14.4 Å². The Labute approximate surface area is 90.5 Å². The second-order valence-corrected chi connectivity index (χ2v) is 3.39. The first-order chi connectivity index (χ1) is 7.54. The van der Waals surface area contributed by atoms with Crippen LogP contribution in [0, 0.1) is 0 Å². The highest BCUT2D eigenvalue weighted by Crippen LogP contribution is 2.22. The van der Waals surface area contributed by atoms with Crippen LogP contribution in [0.5, 0.6) is 0 Å². The Bertz CT molecular complexity index is 462. The standard InChI is InChI=1S/C10H8N2O4/c1-5(10(15)16)12-8(13)6-3-2-4-11-7(6)9(12)14/h2-5H,1H3,(H,15,16). The van der Waals surface area contributed by atoms with Gasteiger partial charge in [-0.1, -0.05) is 0 Å². The first-order valence-corrected chi connectivity index (χ1v) is 4.59. The van der Waals surface area contributed by atoms with Gasteiger partial charge >= 0.3 is 5.97 Å². The van der Waals surface area contributed by atoms with E-state index >= 15 is 0 Å². The van der Waals surface area contributed by atoms with Crippen LogP contribution in [0.1, 0.15) is 27.8 Å². The number of pyridine rings is 1. The SMILES string of the molecule is CC(C(=O)O)N1C(=O)c2cccnc2C1=O. The van der Waals surface area contributed by atoms with Gasteiger partial charge < -0.3 is 5.11 Å². The number of nitrogens with zero attached hydrogens (tertiary/aromatic N) is 2. The lowest BCUT2D eigenvalue weighted by Crippen LogP contribution is -2.42. The lowest BCUT2D eigenvalue weighted by molar-refractivity contribution is -0.140. The van der Waals surface area contributed by atoms with E-state index in [0.29, 0.717) is 4.90 Å². The third-order valence-electron chi connectivity index (χ3n) is 2.42. The van der Waals surface area contributed by atoms with Gasteiger partial charge in [-0.3, -0.25) is 19.5 Å². The quantitative estimate of drug-likeness (QED) is 0.717. The maximum atomic E-state index is 11.8. The summed E-state index contributed by atoms with van der Waals surface area (Å²) in [4.78, 5) is 38.7. The second kappa shape index (κ2) is 3.41. The minimum atomic E-state index is -1.23. The van der Waals surface area contributed by atoms with Gasteiger partial charge in [-0.2, -0.15) is 0 Å². The minimum Gasteiger partial charge on any atom is -0.480 e. The molecule has 0 saturated carbocycles. The van der Waals surface area contributed by atoms with E-state index in [1.54, 1.807) is 0 Å². The fourth-order valence-electron chi connectivity index (χ4n) is 1.55. The smallest absolute Gasteiger partial charge is 0.326 e. The molecule has 2 amide bonds. The number of hydrogen-bond donors (Lipinski definition) is 1. The highest BCUT2D eigenvalue weighted by Gasteiger charge is 2.41. The summed E-state index contributed by atoms with van der Waals surface area (Å²) >= 11 is 0. The Kier molecular flexibility index (Phi) is 2.19. The van der Waals surface area contributed by atoms with Gasteiger partial charge in [0.2, 0.25) is 0 Å². The Hall–Kier alpha value is -2.24. The molecule has 0 aliphatic carbocycles. The van der Waals surface area contributed by atoms with Crippen LogP contribution in [0.3, 0.4) is 0 Å². The van der Waals surface area contributed by atoms with Crippen molar-refractivity contribution in [2.24, 2.45) is 0 Å². The van der Waals surface area contributed by atoms with Crippen LogP contribution >= 0.6 is 0 Å². The molecule has 2 heterocycles. The number of carbonyl (C=O) groups is 3. The van der Waals surface area contributed by atoms with Crippen molar-refractivity contribution in [2.75, 3.05) is 0 Å². The molecular weight excluding hydrogens is 212 g/mol. The topological polar surface area (TPSA) is 87.6 Å². The predicted octanol–water partition coefficient (Wildman–Crippen LogP) is 0.151. The van der Waals surface area contributed by atoms with Crippen LogP contribution in [-0.2, 0) is 4.79 Å². The number of carboxylic acids is 1. The number of rotatable bonds is 2. The van der Waals surface area contributed by atoms with Crippen molar-refractivity contribution in [1.82, 2.24) is 9.88 Å². The van der Waals surface area contributed by atoms with Crippen molar-refractivity contribution in [3.05, 3.63) is 29.6 Å². The maximum absolute atomic E-state index is 11.8. The van der Waals surface area contributed by atoms with Gasteiger partial charge in [0.05, 0.1) is 5.56 Å². The number of imide groups is 1. The van der Waals surface area contributed by atoms with E-state index in [0.717, 1.165) is 0 Å². The van der Waals surface area contributed by atoms with Crippen LogP contribution in [0.25, 0.3) is 0 Å². The van der Waals surface area contributed by atoms with Gasteiger partial charge in [-0.25, -0.2) is 4.79 Å². The molecule has 1 aromatic rings. The van der Waals surface area contributed by atoms with Crippen molar-refractivity contribution in [3.63, 3.8) is 0 Å². The lowest BCUT2D eigenvalue weighted by atomic mass is 10.2. The summed E-state index contributed by atoms with van der Waals surface area (Å²) in [5, 5.41) is 8.79. The molecule has 1 atom stereocenters. The Balaban J connectivity index is 2.46. The fourth-order valence-corrected chi connectivity index (χ4v) is 1.55. The zero-order valence-corrected chi connectivity index (χ0v) is 8.38. The molecule has 1 unspecified atom stereocenters. The monoisotopic (exact) mass is 220 g/mol. The summed E-state index contributed by atoms with van der Waals surface area (Å²) in [7, 11) is 0. The number of carboxylic acid groups (broad SMARTS) is 1. The number of fused-ring (bicyclic) bond motifs is 1. The highest BCUT2D eigenvalue weighted by atomic mass is 16.4. The van der Waals surface area contributed by atoms with Crippen LogP contribution < -0.4 is 0 Å². The molecule has 1 aliphatic heterocycles. The molecule has 6 heteroatoms. The van der Waals surface area contributed by atoms with Crippen LogP contribution in [0.4, 0.5) is 0 Å². The Morgan fingerprint density at radius 3 is 2.69 bits per heavy atom. The molecule has 1 aliphatic rings. The summed E-state index contributed by atoms with van der Waals surface area (Å²) in [5.74, 6) is -2.49. The van der Waals surface area contributed by atoms with Crippen molar-refractivity contribution in [2.45, 2.75) is 13.0 Å². The molecule has 6 nitrogen and oxygen atoms in total. The molecule has 0 aromatic carbocycles. The zero-order valence-electron chi connectivity index (χ0n) is 8.38. The summed E-state index contributed by atoms with van der Waals surface area (Å²) < 4.78 is 0. The molecule has 0 radical (unpaired) electrons. The van der Waals surface area contributed by atoms with Gasteiger partial charge in [0.25, 0.3) is 11.8 Å². The number of aliphatic carboxylic acids is 1. The summed E-state index contributed by atoms with van der Waals surface area (Å²) in [6, 6.07) is 1.80. The van der Waals surface area contributed by atoms with Crippen LogP contribution in [0.2, 0.25) is 0 Å². The molecule has 2 rings (SSSR count). The van der Waals surface area contributed by atoms with Gasteiger partial charge in [-0.05, 0) is 19.1 Å².